The van der Waals surface area contributed by atoms with Crippen molar-refractivity contribution in [1.82, 2.24) is 0 Å². The van der Waals surface area contributed by atoms with Gasteiger partial charge in [-0.2, -0.15) is 0 Å². The predicted molar refractivity (Wildman–Crippen MR) is 77.6 cm³/mol. The molecule has 0 bridgehead atoms. The maximum Gasteiger partial charge on any atom is 0.0940 e. The van der Waals surface area contributed by atoms with Gasteiger partial charge in [0, 0.05) is 19.6 Å². The Bertz CT molecular complexity index is 412. The number of aliphatic hydroxyl groups is 1. The maximum atomic E-state index is 10.5. The molecule has 2 fully saturated rings. The number of benzene rings is 1. The first-order valence-electron chi connectivity index (χ1n) is 7.71. The minimum Gasteiger partial charge on any atom is -0.393 e. The minimum absolute atomic E-state index is 0.101. The Morgan fingerprint density at radius 3 is 2.85 bits per heavy atom. The van der Waals surface area contributed by atoms with Crippen LogP contribution in [0.4, 0.5) is 0 Å². The first-order chi connectivity index (χ1) is 9.77. The molecule has 0 radical (unpaired) electrons. The Balaban J connectivity index is 1.53. The van der Waals surface area contributed by atoms with Gasteiger partial charge in [-0.1, -0.05) is 30.3 Å². The third-order valence-electron chi connectivity index (χ3n) is 4.71. The first-order valence-corrected chi connectivity index (χ1v) is 7.71. The molecule has 3 rings (SSSR count). The van der Waals surface area contributed by atoms with E-state index in [1.54, 1.807) is 0 Å². The number of rotatable bonds is 4. The van der Waals surface area contributed by atoms with Crippen LogP contribution in [-0.2, 0) is 15.9 Å². The number of ether oxygens (including phenoxy) is 2. The Morgan fingerprint density at radius 2 is 2.10 bits per heavy atom. The average Bonchev–Trinajstić information content (AvgIpc) is 2.93. The lowest BCUT2D eigenvalue weighted by Crippen LogP contribution is -2.43. The summed E-state index contributed by atoms with van der Waals surface area (Å²) < 4.78 is 11.4. The van der Waals surface area contributed by atoms with Gasteiger partial charge in [0.05, 0.1) is 18.3 Å². The van der Waals surface area contributed by atoms with Crippen LogP contribution in [0.25, 0.3) is 0 Å². The summed E-state index contributed by atoms with van der Waals surface area (Å²) in [6.45, 7) is 2.26. The fourth-order valence-corrected chi connectivity index (χ4v) is 3.45. The van der Waals surface area contributed by atoms with Crippen LogP contribution in [0.3, 0.4) is 0 Å². The van der Waals surface area contributed by atoms with Gasteiger partial charge in [0.1, 0.15) is 0 Å². The van der Waals surface area contributed by atoms with Gasteiger partial charge in [0.15, 0.2) is 0 Å². The number of aliphatic hydroxyl groups excluding tert-OH is 1. The molecule has 2 saturated heterocycles. The van der Waals surface area contributed by atoms with E-state index in [4.69, 9.17) is 9.47 Å². The summed E-state index contributed by atoms with van der Waals surface area (Å²) in [6.07, 6.45) is 4.46. The number of hydrogen-bond donors (Lipinski definition) is 1. The van der Waals surface area contributed by atoms with E-state index < -0.39 is 0 Å². The van der Waals surface area contributed by atoms with Gasteiger partial charge in [-0.15, -0.1) is 0 Å². The predicted octanol–water partition coefficient (Wildman–Crippen LogP) is 2.57. The first kappa shape index (κ1) is 14.1. The van der Waals surface area contributed by atoms with Crippen LogP contribution in [0.2, 0.25) is 0 Å². The Morgan fingerprint density at radius 1 is 1.25 bits per heavy atom. The molecular weight excluding hydrogens is 252 g/mol. The van der Waals surface area contributed by atoms with Crippen molar-refractivity contribution in [3.05, 3.63) is 35.9 Å². The zero-order valence-corrected chi connectivity index (χ0v) is 12.0. The largest absolute Gasteiger partial charge is 0.393 e. The molecule has 0 aromatic heterocycles. The van der Waals surface area contributed by atoms with Gasteiger partial charge in [-0.3, -0.25) is 0 Å². The monoisotopic (exact) mass is 276 g/mol. The van der Waals surface area contributed by atoms with Crippen LogP contribution in [0, 0.1) is 5.92 Å². The highest BCUT2D eigenvalue weighted by Crippen LogP contribution is 2.37. The molecule has 1 aromatic rings. The van der Waals surface area contributed by atoms with Gasteiger partial charge >= 0.3 is 0 Å². The van der Waals surface area contributed by atoms with Crippen LogP contribution >= 0.6 is 0 Å². The van der Waals surface area contributed by atoms with E-state index >= 15 is 0 Å². The molecule has 110 valence electrons. The van der Waals surface area contributed by atoms with Crippen LogP contribution in [0.1, 0.15) is 31.2 Å². The van der Waals surface area contributed by atoms with E-state index in [9.17, 15) is 5.11 Å². The van der Waals surface area contributed by atoms with Crippen molar-refractivity contribution < 1.29 is 14.6 Å². The fraction of sp³-hybridized carbons (Fsp3) is 0.647. The van der Waals surface area contributed by atoms with Crippen molar-refractivity contribution in [2.24, 2.45) is 5.92 Å². The molecule has 1 aromatic carbocycles. The molecule has 2 heterocycles. The average molecular weight is 276 g/mol. The highest BCUT2D eigenvalue weighted by Gasteiger charge is 2.42. The topological polar surface area (TPSA) is 38.7 Å². The summed E-state index contributed by atoms with van der Waals surface area (Å²) >= 11 is 0. The molecule has 3 unspecified atom stereocenters. The highest BCUT2D eigenvalue weighted by atomic mass is 16.6. The summed E-state index contributed by atoms with van der Waals surface area (Å²) in [7, 11) is 0. The van der Waals surface area contributed by atoms with Crippen molar-refractivity contribution in [3.8, 4) is 0 Å². The molecule has 2 aliphatic rings. The smallest absolute Gasteiger partial charge is 0.0940 e. The summed E-state index contributed by atoms with van der Waals surface area (Å²) in [6, 6.07) is 10.4. The molecule has 3 nitrogen and oxygen atoms in total. The van der Waals surface area contributed by atoms with E-state index in [0.29, 0.717) is 12.5 Å². The molecule has 1 N–H and O–H groups in total. The van der Waals surface area contributed by atoms with Gasteiger partial charge in [0.25, 0.3) is 0 Å². The van der Waals surface area contributed by atoms with Crippen LogP contribution in [0.5, 0.6) is 0 Å². The van der Waals surface area contributed by atoms with Crippen molar-refractivity contribution in [2.45, 2.75) is 43.8 Å². The summed E-state index contributed by atoms with van der Waals surface area (Å²) in [5.74, 6) is 0.356. The zero-order chi connectivity index (χ0) is 13.8. The number of aryl methyl sites for hydroxylation is 1. The maximum absolute atomic E-state index is 10.5. The second-order valence-electron chi connectivity index (χ2n) is 6.18. The van der Waals surface area contributed by atoms with E-state index in [1.807, 2.05) is 6.07 Å². The van der Waals surface area contributed by atoms with Crippen LogP contribution in [0.15, 0.2) is 30.3 Å². The van der Waals surface area contributed by atoms with Crippen molar-refractivity contribution >= 4 is 0 Å². The Labute approximate surface area is 120 Å². The van der Waals surface area contributed by atoms with E-state index in [1.165, 1.54) is 5.56 Å². The molecule has 0 saturated carbocycles. The molecule has 3 atom stereocenters. The third-order valence-corrected chi connectivity index (χ3v) is 4.71. The lowest BCUT2D eigenvalue weighted by molar-refractivity contribution is -0.117. The molecule has 3 heteroatoms. The molecule has 0 amide bonds. The molecule has 1 spiro atoms. The molecule has 2 aliphatic heterocycles. The SMILES string of the molecule is OC(CCc1ccccc1)C1CCOC2(CCOC2)C1. The van der Waals surface area contributed by atoms with Crippen molar-refractivity contribution in [2.75, 3.05) is 19.8 Å². The summed E-state index contributed by atoms with van der Waals surface area (Å²) in [5, 5.41) is 10.5. The van der Waals surface area contributed by atoms with Crippen molar-refractivity contribution in [3.63, 3.8) is 0 Å². The minimum atomic E-state index is -0.225. The second kappa shape index (κ2) is 6.25. The quantitative estimate of drug-likeness (QED) is 0.918. The lowest BCUT2D eigenvalue weighted by Gasteiger charge is -2.39. The van der Waals surface area contributed by atoms with E-state index in [-0.39, 0.29) is 11.7 Å². The Kier molecular flexibility index (Phi) is 4.39. The lowest BCUT2D eigenvalue weighted by atomic mass is 9.81. The van der Waals surface area contributed by atoms with Gasteiger partial charge < -0.3 is 14.6 Å². The standard InChI is InChI=1S/C17H24O3/c18-16(7-6-14-4-2-1-3-5-14)15-8-10-20-17(12-15)9-11-19-13-17/h1-5,15-16,18H,6-13H2. The Hall–Kier alpha value is -0.900. The van der Waals surface area contributed by atoms with E-state index in [2.05, 4.69) is 24.3 Å². The van der Waals surface area contributed by atoms with Crippen LogP contribution in [-0.4, -0.2) is 36.6 Å². The molecule has 20 heavy (non-hydrogen) atoms. The number of hydrogen-bond acceptors (Lipinski definition) is 3. The fourth-order valence-electron chi connectivity index (χ4n) is 3.45. The van der Waals surface area contributed by atoms with Gasteiger partial charge in [0.2, 0.25) is 0 Å². The van der Waals surface area contributed by atoms with E-state index in [0.717, 1.165) is 45.3 Å². The van der Waals surface area contributed by atoms with Gasteiger partial charge in [-0.05, 0) is 37.2 Å². The van der Waals surface area contributed by atoms with Crippen LogP contribution < -0.4 is 0 Å². The normalized spacial score (nSPS) is 31.6. The second-order valence-corrected chi connectivity index (χ2v) is 6.18. The summed E-state index contributed by atoms with van der Waals surface area (Å²) in [5.41, 5.74) is 1.20. The van der Waals surface area contributed by atoms with Crippen molar-refractivity contribution in [1.29, 1.82) is 0 Å². The summed E-state index contributed by atoms with van der Waals surface area (Å²) in [4.78, 5) is 0. The molecule has 0 aliphatic carbocycles. The zero-order valence-electron chi connectivity index (χ0n) is 12.0. The third kappa shape index (κ3) is 3.22. The highest BCUT2D eigenvalue weighted by molar-refractivity contribution is 5.14. The molecular formula is C17H24O3. The van der Waals surface area contributed by atoms with Gasteiger partial charge in [-0.25, -0.2) is 0 Å².